The second-order valence-corrected chi connectivity index (χ2v) is 4.77. The van der Waals surface area contributed by atoms with Crippen molar-refractivity contribution in [1.29, 1.82) is 5.26 Å². The number of benzene rings is 1. The molecule has 1 aromatic rings. The molecule has 1 atom stereocenters. The molecule has 20 heavy (non-hydrogen) atoms. The largest absolute Gasteiger partial charge is 0.368 e. The Morgan fingerprint density at radius 3 is 2.70 bits per heavy atom. The highest BCUT2D eigenvalue weighted by molar-refractivity contribution is 5.93. The number of hydrogen-bond acceptors (Lipinski definition) is 4. The first-order valence-electron chi connectivity index (χ1n) is 6.43. The quantitative estimate of drug-likeness (QED) is 0.831. The monoisotopic (exact) mass is 272 g/mol. The van der Waals surface area contributed by atoms with Crippen LogP contribution in [-0.4, -0.2) is 35.8 Å². The van der Waals surface area contributed by atoms with Gasteiger partial charge in [-0.2, -0.15) is 5.26 Å². The van der Waals surface area contributed by atoms with Gasteiger partial charge in [-0.3, -0.25) is 14.5 Å². The summed E-state index contributed by atoms with van der Waals surface area (Å²) >= 11 is 0. The molecule has 0 radical (unpaired) electrons. The van der Waals surface area contributed by atoms with E-state index in [-0.39, 0.29) is 24.4 Å². The van der Waals surface area contributed by atoms with Gasteiger partial charge in [0.2, 0.25) is 11.8 Å². The number of nitrogens with two attached hydrogens (primary N) is 1. The molecule has 2 rings (SSSR count). The zero-order valence-corrected chi connectivity index (χ0v) is 11.0. The molecule has 1 aliphatic heterocycles. The lowest BCUT2D eigenvalue weighted by Gasteiger charge is -2.20. The smallest absolute Gasteiger partial charge is 0.238 e. The molecule has 1 unspecified atom stereocenters. The Morgan fingerprint density at radius 2 is 2.10 bits per heavy atom. The molecule has 1 saturated heterocycles. The predicted octanol–water partition coefficient (Wildman–Crippen LogP) is 0.446. The van der Waals surface area contributed by atoms with Crippen molar-refractivity contribution in [3.05, 3.63) is 29.8 Å². The molecule has 3 N–H and O–H groups in total. The molecule has 0 aliphatic carbocycles. The average Bonchev–Trinajstić information content (AvgIpc) is 2.87. The third-order valence-corrected chi connectivity index (χ3v) is 3.34. The Bertz CT molecular complexity index is 547. The van der Waals surface area contributed by atoms with Crippen LogP contribution in [0.5, 0.6) is 0 Å². The van der Waals surface area contributed by atoms with E-state index in [4.69, 9.17) is 11.0 Å². The third-order valence-electron chi connectivity index (χ3n) is 3.34. The van der Waals surface area contributed by atoms with E-state index in [0.29, 0.717) is 24.2 Å². The van der Waals surface area contributed by atoms with E-state index in [9.17, 15) is 9.59 Å². The first-order valence-corrected chi connectivity index (χ1v) is 6.43. The summed E-state index contributed by atoms with van der Waals surface area (Å²) in [6.07, 6.45) is 1.58. The van der Waals surface area contributed by atoms with Crippen molar-refractivity contribution in [3.63, 3.8) is 0 Å². The van der Waals surface area contributed by atoms with E-state index in [0.717, 1.165) is 6.42 Å². The van der Waals surface area contributed by atoms with Crippen molar-refractivity contribution < 1.29 is 9.59 Å². The Hall–Kier alpha value is -2.39. The summed E-state index contributed by atoms with van der Waals surface area (Å²) in [6.45, 7) is 0.849. The van der Waals surface area contributed by atoms with Crippen LogP contribution >= 0.6 is 0 Å². The second-order valence-electron chi connectivity index (χ2n) is 4.77. The van der Waals surface area contributed by atoms with Crippen LogP contribution in [-0.2, 0) is 9.59 Å². The minimum atomic E-state index is -0.381. The normalized spacial score (nSPS) is 18.4. The van der Waals surface area contributed by atoms with Crippen LogP contribution < -0.4 is 11.1 Å². The van der Waals surface area contributed by atoms with Gasteiger partial charge < -0.3 is 11.1 Å². The molecule has 0 saturated carbocycles. The SMILES string of the molecule is N#Cc1ccc(NC(=O)CN2CCCC2C(N)=O)cc1. The maximum Gasteiger partial charge on any atom is 0.238 e. The lowest BCUT2D eigenvalue weighted by atomic mass is 10.2. The average molecular weight is 272 g/mol. The summed E-state index contributed by atoms with van der Waals surface area (Å²) in [7, 11) is 0. The highest BCUT2D eigenvalue weighted by Gasteiger charge is 2.30. The summed E-state index contributed by atoms with van der Waals surface area (Å²) in [5.74, 6) is -0.573. The summed E-state index contributed by atoms with van der Waals surface area (Å²) in [5, 5.41) is 11.4. The molecule has 0 bridgehead atoms. The predicted molar refractivity (Wildman–Crippen MR) is 73.6 cm³/mol. The van der Waals surface area contributed by atoms with Gasteiger partial charge in [0.1, 0.15) is 0 Å². The van der Waals surface area contributed by atoms with Gasteiger partial charge in [0.15, 0.2) is 0 Å². The maximum absolute atomic E-state index is 11.9. The van der Waals surface area contributed by atoms with Gasteiger partial charge >= 0.3 is 0 Å². The van der Waals surface area contributed by atoms with Crippen molar-refractivity contribution in [2.75, 3.05) is 18.4 Å². The summed E-state index contributed by atoms with van der Waals surface area (Å²) < 4.78 is 0. The molecular weight excluding hydrogens is 256 g/mol. The van der Waals surface area contributed by atoms with Crippen LogP contribution in [0, 0.1) is 11.3 Å². The van der Waals surface area contributed by atoms with Crippen LogP contribution in [0.2, 0.25) is 0 Å². The van der Waals surface area contributed by atoms with Crippen LogP contribution in [0.4, 0.5) is 5.69 Å². The lowest BCUT2D eigenvalue weighted by molar-refractivity contribution is -0.123. The van der Waals surface area contributed by atoms with Gasteiger partial charge in [-0.15, -0.1) is 0 Å². The van der Waals surface area contributed by atoms with Gasteiger partial charge in [-0.25, -0.2) is 0 Å². The van der Waals surface area contributed by atoms with Crippen LogP contribution in [0.1, 0.15) is 18.4 Å². The van der Waals surface area contributed by atoms with Crippen molar-refractivity contribution in [1.82, 2.24) is 4.90 Å². The molecule has 1 fully saturated rings. The van der Waals surface area contributed by atoms with Gasteiger partial charge in [0.05, 0.1) is 24.2 Å². The van der Waals surface area contributed by atoms with E-state index < -0.39 is 0 Å². The molecular formula is C14H16N4O2. The number of amides is 2. The number of nitrogens with one attached hydrogen (secondary N) is 1. The third kappa shape index (κ3) is 3.33. The minimum Gasteiger partial charge on any atom is -0.368 e. The molecule has 0 spiro atoms. The molecule has 2 amide bonds. The van der Waals surface area contributed by atoms with E-state index in [1.807, 2.05) is 6.07 Å². The topological polar surface area (TPSA) is 99.2 Å². The molecule has 1 aliphatic rings. The molecule has 0 aromatic heterocycles. The van der Waals surface area contributed by atoms with E-state index in [1.54, 1.807) is 29.2 Å². The number of likely N-dealkylation sites (tertiary alicyclic amines) is 1. The van der Waals surface area contributed by atoms with Crippen LogP contribution in [0.25, 0.3) is 0 Å². The highest BCUT2D eigenvalue weighted by atomic mass is 16.2. The van der Waals surface area contributed by atoms with Gasteiger partial charge in [-0.05, 0) is 43.7 Å². The molecule has 6 heteroatoms. The molecule has 6 nitrogen and oxygen atoms in total. The Kier molecular flexibility index (Phi) is 4.33. The zero-order chi connectivity index (χ0) is 14.5. The fourth-order valence-electron chi connectivity index (χ4n) is 2.35. The van der Waals surface area contributed by atoms with Crippen LogP contribution in [0.15, 0.2) is 24.3 Å². The number of rotatable bonds is 4. The Balaban J connectivity index is 1.92. The summed E-state index contributed by atoms with van der Waals surface area (Å²) in [4.78, 5) is 25.0. The van der Waals surface area contributed by atoms with Gasteiger partial charge in [-0.1, -0.05) is 0 Å². The standard InChI is InChI=1S/C14H16N4O2/c15-8-10-3-5-11(6-4-10)17-13(19)9-18-7-1-2-12(18)14(16)20/h3-6,12H,1-2,7,9H2,(H2,16,20)(H,17,19). The number of carbonyl (C=O) groups is 2. The maximum atomic E-state index is 11.9. The minimum absolute atomic E-state index is 0.146. The second kappa shape index (κ2) is 6.17. The number of nitriles is 1. The first-order chi connectivity index (χ1) is 9.60. The number of carbonyl (C=O) groups excluding carboxylic acids is 2. The van der Waals surface area contributed by atoms with E-state index in [2.05, 4.69) is 5.32 Å². The summed E-state index contributed by atoms with van der Waals surface area (Å²) in [5.41, 5.74) is 6.47. The fraction of sp³-hybridized carbons (Fsp3) is 0.357. The van der Waals surface area contributed by atoms with Crippen molar-refractivity contribution in [2.45, 2.75) is 18.9 Å². The number of nitrogens with zero attached hydrogens (tertiary/aromatic N) is 2. The van der Waals surface area contributed by atoms with Crippen molar-refractivity contribution in [2.24, 2.45) is 5.73 Å². The van der Waals surface area contributed by atoms with Crippen LogP contribution in [0.3, 0.4) is 0 Å². The first kappa shape index (κ1) is 14.0. The molecule has 1 heterocycles. The van der Waals surface area contributed by atoms with Crippen molar-refractivity contribution in [3.8, 4) is 6.07 Å². The summed E-state index contributed by atoms with van der Waals surface area (Å²) in [6, 6.07) is 8.28. The fourth-order valence-corrected chi connectivity index (χ4v) is 2.35. The van der Waals surface area contributed by atoms with Crippen molar-refractivity contribution >= 4 is 17.5 Å². The number of hydrogen-bond donors (Lipinski definition) is 2. The van der Waals surface area contributed by atoms with Gasteiger partial charge in [0.25, 0.3) is 0 Å². The zero-order valence-electron chi connectivity index (χ0n) is 11.0. The molecule has 1 aromatic carbocycles. The molecule has 104 valence electrons. The van der Waals surface area contributed by atoms with Gasteiger partial charge in [0, 0.05) is 5.69 Å². The Morgan fingerprint density at radius 1 is 1.40 bits per heavy atom. The van der Waals surface area contributed by atoms with E-state index in [1.165, 1.54) is 0 Å². The Labute approximate surface area is 117 Å². The highest BCUT2D eigenvalue weighted by Crippen LogP contribution is 2.16. The van der Waals surface area contributed by atoms with E-state index >= 15 is 0 Å². The number of primary amides is 1. The number of anilines is 1. The lowest BCUT2D eigenvalue weighted by Crippen LogP contribution is -2.43.